The summed E-state index contributed by atoms with van der Waals surface area (Å²) in [5.74, 6) is -0.699. The zero-order valence-electron chi connectivity index (χ0n) is 23.3. The molecule has 0 unspecified atom stereocenters. The highest BCUT2D eigenvalue weighted by Gasteiger charge is 2.33. The van der Waals surface area contributed by atoms with Crippen molar-refractivity contribution in [2.45, 2.75) is 52.1 Å². The molecular formula is C30H35Cl2N3O4S. The molecule has 10 heteroatoms. The summed E-state index contributed by atoms with van der Waals surface area (Å²) >= 11 is 12.5. The van der Waals surface area contributed by atoms with Gasteiger partial charge in [-0.1, -0.05) is 67.4 Å². The number of sulfonamides is 1. The Morgan fingerprint density at radius 2 is 1.52 bits per heavy atom. The molecule has 0 heterocycles. The summed E-state index contributed by atoms with van der Waals surface area (Å²) < 4.78 is 28.9. The van der Waals surface area contributed by atoms with Gasteiger partial charge in [-0.05, 0) is 79.8 Å². The molecule has 2 amide bonds. The topological polar surface area (TPSA) is 86.8 Å². The van der Waals surface area contributed by atoms with E-state index in [4.69, 9.17) is 23.2 Å². The Hall–Kier alpha value is -3.07. The fourth-order valence-electron chi connectivity index (χ4n) is 4.21. The Balaban J connectivity index is 2.06. The smallest absolute Gasteiger partial charge is 0.264 e. The van der Waals surface area contributed by atoms with Crippen molar-refractivity contribution in [1.29, 1.82) is 0 Å². The van der Waals surface area contributed by atoms with Crippen LogP contribution in [-0.2, 0) is 26.2 Å². The molecule has 1 atom stereocenters. The molecule has 0 bridgehead atoms. The van der Waals surface area contributed by atoms with E-state index in [1.807, 2.05) is 33.8 Å². The molecular weight excluding hydrogens is 569 g/mol. The van der Waals surface area contributed by atoms with E-state index in [9.17, 15) is 18.0 Å². The summed E-state index contributed by atoms with van der Waals surface area (Å²) in [6.45, 7) is 9.18. The predicted octanol–water partition coefficient (Wildman–Crippen LogP) is 6.00. The van der Waals surface area contributed by atoms with Crippen LogP contribution in [0.3, 0.4) is 0 Å². The summed E-state index contributed by atoms with van der Waals surface area (Å²) in [6, 6.07) is 17.3. The first-order chi connectivity index (χ1) is 18.8. The van der Waals surface area contributed by atoms with E-state index in [-0.39, 0.29) is 23.3 Å². The van der Waals surface area contributed by atoms with Gasteiger partial charge < -0.3 is 10.2 Å². The van der Waals surface area contributed by atoms with Crippen molar-refractivity contribution < 1.29 is 18.0 Å². The molecule has 40 heavy (non-hydrogen) atoms. The van der Waals surface area contributed by atoms with Crippen LogP contribution in [0.2, 0.25) is 10.0 Å². The second-order valence-corrected chi connectivity index (χ2v) is 12.9. The fraction of sp³-hybridized carbons (Fsp3) is 0.333. The Morgan fingerprint density at radius 1 is 0.900 bits per heavy atom. The van der Waals surface area contributed by atoms with Gasteiger partial charge in [0.15, 0.2) is 0 Å². The van der Waals surface area contributed by atoms with Gasteiger partial charge >= 0.3 is 0 Å². The second-order valence-electron chi connectivity index (χ2n) is 10.2. The molecule has 0 aliphatic heterocycles. The molecule has 0 saturated carbocycles. The lowest BCUT2D eigenvalue weighted by molar-refractivity contribution is -0.139. The monoisotopic (exact) mass is 603 g/mol. The number of benzene rings is 3. The Labute approximate surface area is 247 Å². The van der Waals surface area contributed by atoms with Crippen LogP contribution in [0.15, 0.2) is 71.6 Å². The van der Waals surface area contributed by atoms with Gasteiger partial charge in [-0.2, -0.15) is 0 Å². The van der Waals surface area contributed by atoms with Gasteiger partial charge in [-0.15, -0.1) is 0 Å². The van der Waals surface area contributed by atoms with Crippen molar-refractivity contribution in [3.05, 3.63) is 93.5 Å². The van der Waals surface area contributed by atoms with Gasteiger partial charge in [0.25, 0.3) is 10.0 Å². The molecule has 1 N–H and O–H groups in total. The average Bonchev–Trinajstić information content (AvgIpc) is 2.89. The van der Waals surface area contributed by atoms with E-state index in [1.165, 1.54) is 17.0 Å². The van der Waals surface area contributed by atoms with Gasteiger partial charge in [0.2, 0.25) is 11.8 Å². The normalized spacial score (nSPS) is 12.2. The van der Waals surface area contributed by atoms with Gasteiger partial charge in [-0.3, -0.25) is 13.9 Å². The Bertz CT molecular complexity index is 1440. The molecule has 0 saturated heterocycles. The van der Waals surface area contributed by atoms with Gasteiger partial charge in [0.1, 0.15) is 12.6 Å². The molecule has 3 aromatic rings. The lowest BCUT2D eigenvalue weighted by Crippen LogP contribution is -2.51. The highest BCUT2D eigenvalue weighted by atomic mass is 35.5. The minimum atomic E-state index is -4.13. The quantitative estimate of drug-likeness (QED) is 0.291. The second kappa shape index (κ2) is 13.5. The average molecular weight is 605 g/mol. The number of carbonyl (C=O) groups is 2. The number of rotatable bonds is 11. The van der Waals surface area contributed by atoms with E-state index in [0.717, 1.165) is 15.4 Å². The molecule has 0 fully saturated rings. The molecule has 0 aromatic heterocycles. The van der Waals surface area contributed by atoms with Crippen LogP contribution in [0.5, 0.6) is 0 Å². The lowest BCUT2D eigenvalue weighted by Gasteiger charge is -2.32. The first-order valence-corrected chi connectivity index (χ1v) is 15.2. The number of halogens is 2. The maximum absolute atomic E-state index is 14.0. The minimum Gasteiger partial charge on any atom is -0.354 e. The number of amides is 2. The summed E-state index contributed by atoms with van der Waals surface area (Å²) in [5, 5.41) is 3.63. The molecule has 0 aliphatic carbocycles. The first-order valence-electron chi connectivity index (χ1n) is 13.0. The van der Waals surface area contributed by atoms with Crippen molar-refractivity contribution in [2.75, 3.05) is 17.4 Å². The predicted molar refractivity (Wildman–Crippen MR) is 161 cm³/mol. The molecule has 214 valence electrons. The molecule has 3 aromatic carbocycles. The maximum atomic E-state index is 14.0. The van der Waals surface area contributed by atoms with E-state index < -0.39 is 28.5 Å². The number of nitrogens with one attached hydrogen (secondary N) is 1. The third kappa shape index (κ3) is 7.99. The molecule has 0 aliphatic rings. The third-order valence-corrected chi connectivity index (χ3v) is 8.69. The third-order valence-electron chi connectivity index (χ3n) is 6.31. The summed E-state index contributed by atoms with van der Waals surface area (Å²) in [4.78, 5) is 28.5. The Morgan fingerprint density at radius 3 is 2.10 bits per heavy atom. The highest BCUT2D eigenvalue weighted by Crippen LogP contribution is 2.28. The summed E-state index contributed by atoms with van der Waals surface area (Å²) in [5.41, 5.74) is 2.63. The van der Waals surface area contributed by atoms with E-state index in [2.05, 4.69) is 5.32 Å². The summed E-state index contributed by atoms with van der Waals surface area (Å²) in [6.07, 6.45) is 0. The molecule has 3 rings (SSSR count). The van der Waals surface area contributed by atoms with Crippen molar-refractivity contribution in [1.82, 2.24) is 10.2 Å². The number of nitrogens with zero attached hydrogens (tertiary/aromatic N) is 2. The lowest BCUT2D eigenvalue weighted by atomic mass is 10.1. The summed E-state index contributed by atoms with van der Waals surface area (Å²) in [7, 11) is -4.13. The largest absolute Gasteiger partial charge is 0.354 e. The van der Waals surface area contributed by atoms with Crippen LogP contribution < -0.4 is 9.62 Å². The number of aryl methyl sites for hydroxylation is 2. The van der Waals surface area contributed by atoms with E-state index in [1.54, 1.807) is 55.5 Å². The van der Waals surface area contributed by atoms with E-state index in [0.29, 0.717) is 27.8 Å². The van der Waals surface area contributed by atoms with Crippen molar-refractivity contribution in [3.8, 4) is 0 Å². The van der Waals surface area contributed by atoms with Crippen LogP contribution in [0.25, 0.3) is 0 Å². The van der Waals surface area contributed by atoms with Crippen LogP contribution in [0.4, 0.5) is 5.69 Å². The SMILES string of the molecule is Cc1cc(C)cc(N(CC(=O)N(Cc2ccc(Cl)cc2Cl)[C@H](C)C(=O)NCC(C)C)S(=O)(=O)c2ccccc2)c1. The zero-order chi connectivity index (χ0) is 29.6. The number of hydrogen-bond acceptors (Lipinski definition) is 4. The van der Waals surface area contributed by atoms with Gasteiger partial charge in [0.05, 0.1) is 10.6 Å². The fourth-order valence-corrected chi connectivity index (χ4v) is 6.10. The minimum absolute atomic E-state index is 0.0167. The van der Waals surface area contributed by atoms with Crippen molar-refractivity contribution in [2.24, 2.45) is 5.92 Å². The molecule has 7 nitrogen and oxygen atoms in total. The number of anilines is 1. The highest BCUT2D eigenvalue weighted by molar-refractivity contribution is 7.92. The number of carbonyl (C=O) groups excluding carboxylic acids is 2. The van der Waals surface area contributed by atoms with Crippen molar-refractivity contribution >= 4 is 50.7 Å². The molecule has 0 spiro atoms. The van der Waals surface area contributed by atoms with E-state index >= 15 is 0 Å². The van der Waals surface area contributed by atoms with Crippen molar-refractivity contribution in [3.63, 3.8) is 0 Å². The maximum Gasteiger partial charge on any atom is 0.264 e. The van der Waals surface area contributed by atoms with Crippen LogP contribution >= 0.6 is 23.2 Å². The van der Waals surface area contributed by atoms with Gasteiger partial charge in [-0.25, -0.2) is 8.42 Å². The first kappa shape index (κ1) is 31.5. The van der Waals surface area contributed by atoms with Gasteiger partial charge in [0, 0.05) is 23.1 Å². The van der Waals surface area contributed by atoms with Crippen LogP contribution in [-0.4, -0.2) is 44.3 Å². The Kier molecular flexibility index (Phi) is 10.6. The van der Waals surface area contributed by atoms with Crippen LogP contribution in [0, 0.1) is 19.8 Å². The standard InChI is InChI=1S/C30H35Cl2N3O4S/c1-20(2)17-33-30(37)23(5)34(18-24-11-12-25(31)16-28(24)32)29(36)19-35(26-14-21(3)13-22(4)15-26)40(38,39)27-9-7-6-8-10-27/h6-16,20,23H,17-19H2,1-5H3,(H,33,37)/t23-/m1/s1. The molecule has 0 radical (unpaired) electrons. The van der Waals surface area contributed by atoms with Crippen LogP contribution in [0.1, 0.15) is 37.5 Å². The zero-order valence-corrected chi connectivity index (χ0v) is 25.6. The number of hydrogen-bond donors (Lipinski definition) is 1.